The summed E-state index contributed by atoms with van der Waals surface area (Å²) in [5.41, 5.74) is 0.317. The fourth-order valence-corrected chi connectivity index (χ4v) is 2.43. The standard InChI is InChI=1S/C13H29N3/c1-6-12(10-14-7-2)16-9-8-15(5)13(3,4)11-16/h12,14H,6-11H2,1-5H3. The van der Waals surface area contributed by atoms with Crippen molar-refractivity contribution >= 4 is 0 Å². The molecular formula is C13H29N3. The number of piperazine rings is 1. The SMILES string of the molecule is CCNCC(CC)N1CCN(C)C(C)(C)C1. The summed E-state index contributed by atoms with van der Waals surface area (Å²) in [6, 6.07) is 0.702. The molecule has 0 saturated carbocycles. The third kappa shape index (κ3) is 3.44. The fraction of sp³-hybridized carbons (Fsp3) is 1.00. The van der Waals surface area contributed by atoms with Gasteiger partial charge in [-0.15, -0.1) is 0 Å². The number of hydrogen-bond donors (Lipinski definition) is 1. The Labute approximate surface area is 101 Å². The molecule has 3 nitrogen and oxygen atoms in total. The van der Waals surface area contributed by atoms with Gasteiger partial charge < -0.3 is 5.32 Å². The molecule has 0 aromatic heterocycles. The van der Waals surface area contributed by atoms with Gasteiger partial charge in [-0.25, -0.2) is 0 Å². The Bertz CT molecular complexity index is 203. The van der Waals surface area contributed by atoms with E-state index in [0.29, 0.717) is 11.6 Å². The number of nitrogens with zero attached hydrogens (tertiary/aromatic N) is 2. The van der Waals surface area contributed by atoms with Crippen molar-refractivity contribution in [3.05, 3.63) is 0 Å². The van der Waals surface area contributed by atoms with Crippen molar-refractivity contribution in [1.29, 1.82) is 0 Å². The first-order chi connectivity index (χ1) is 7.51. The average molecular weight is 227 g/mol. The van der Waals surface area contributed by atoms with E-state index in [4.69, 9.17) is 0 Å². The van der Waals surface area contributed by atoms with Crippen LogP contribution in [0.2, 0.25) is 0 Å². The maximum Gasteiger partial charge on any atom is 0.0277 e. The monoisotopic (exact) mass is 227 g/mol. The molecule has 1 heterocycles. The Balaban J connectivity index is 2.52. The normalized spacial score (nSPS) is 24.6. The molecule has 1 atom stereocenters. The van der Waals surface area contributed by atoms with Crippen LogP contribution in [0, 0.1) is 0 Å². The van der Waals surface area contributed by atoms with Crippen LogP contribution in [-0.2, 0) is 0 Å². The van der Waals surface area contributed by atoms with E-state index in [-0.39, 0.29) is 0 Å². The number of likely N-dealkylation sites (N-methyl/N-ethyl adjacent to an activating group) is 2. The number of rotatable bonds is 5. The largest absolute Gasteiger partial charge is 0.315 e. The molecule has 96 valence electrons. The Morgan fingerprint density at radius 3 is 2.44 bits per heavy atom. The number of hydrogen-bond acceptors (Lipinski definition) is 3. The molecule has 0 radical (unpaired) electrons. The zero-order chi connectivity index (χ0) is 12.2. The van der Waals surface area contributed by atoms with E-state index >= 15 is 0 Å². The van der Waals surface area contributed by atoms with E-state index < -0.39 is 0 Å². The van der Waals surface area contributed by atoms with Crippen LogP contribution in [0.3, 0.4) is 0 Å². The molecule has 0 spiro atoms. The summed E-state index contributed by atoms with van der Waals surface area (Å²) in [4.78, 5) is 5.13. The van der Waals surface area contributed by atoms with Gasteiger partial charge in [0.25, 0.3) is 0 Å². The van der Waals surface area contributed by atoms with Crippen LogP contribution >= 0.6 is 0 Å². The molecule has 0 aliphatic carbocycles. The minimum Gasteiger partial charge on any atom is -0.315 e. The molecule has 1 fully saturated rings. The first kappa shape index (κ1) is 13.9. The highest BCUT2D eigenvalue weighted by molar-refractivity contribution is 4.90. The molecule has 1 saturated heterocycles. The van der Waals surface area contributed by atoms with E-state index in [1.54, 1.807) is 0 Å². The minimum atomic E-state index is 0.317. The maximum absolute atomic E-state index is 3.48. The van der Waals surface area contributed by atoms with Gasteiger partial charge in [0, 0.05) is 37.8 Å². The lowest BCUT2D eigenvalue weighted by molar-refractivity contribution is 0.0160. The van der Waals surface area contributed by atoms with Gasteiger partial charge in [0.1, 0.15) is 0 Å². The summed E-state index contributed by atoms with van der Waals surface area (Å²) in [6.07, 6.45) is 1.24. The topological polar surface area (TPSA) is 18.5 Å². The van der Waals surface area contributed by atoms with Gasteiger partial charge in [-0.05, 0) is 33.9 Å². The highest BCUT2D eigenvalue weighted by Crippen LogP contribution is 2.21. The number of nitrogens with one attached hydrogen (secondary N) is 1. The second-order valence-electron chi connectivity index (χ2n) is 5.57. The van der Waals surface area contributed by atoms with E-state index in [2.05, 4.69) is 49.9 Å². The minimum absolute atomic E-state index is 0.317. The molecule has 0 bridgehead atoms. The summed E-state index contributed by atoms with van der Waals surface area (Å²) < 4.78 is 0. The molecule has 1 N–H and O–H groups in total. The van der Waals surface area contributed by atoms with E-state index in [0.717, 1.165) is 13.1 Å². The summed E-state index contributed by atoms with van der Waals surface area (Å²) in [5, 5.41) is 3.48. The van der Waals surface area contributed by atoms with Gasteiger partial charge in [0.15, 0.2) is 0 Å². The Morgan fingerprint density at radius 1 is 1.25 bits per heavy atom. The zero-order valence-electron chi connectivity index (χ0n) is 11.7. The molecular weight excluding hydrogens is 198 g/mol. The van der Waals surface area contributed by atoms with Gasteiger partial charge in [0.05, 0.1) is 0 Å². The third-order valence-electron chi connectivity index (χ3n) is 3.96. The fourth-order valence-electron chi connectivity index (χ4n) is 2.43. The Morgan fingerprint density at radius 2 is 1.94 bits per heavy atom. The van der Waals surface area contributed by atoms with Crippen LogP contribution in [0.15, 0.2) is 0 Å². The highest BCUT2D eigenvalue weighted by atomic mass is 15.3. The van der Waals surface area contributed by atoms with Gasteiger partial charge in [-0.2, -0.15) is 0 Å². The Kier molecular flexibility index (Phi) is 5.22. The van der Waals surface area contributed by atoms with Crippen molar-refractivity contribution in [3.8, 4) is 0 Å². The molecule has 1 aliphatic heterocycles. The van der Waals surface area contributed by atoms with Crippen LogP contribution < -0.4 is 5.32 Å². The van der Waals surface area contributed by atoms with E-state index in [1.807, 2.05) is 0 Å². The van der Waals surface area contributed by atoms with Crippen molar-refractivity contribution < 1.29 is 0 Å². The van der Waals surface area contributed by atoms with Crippen molar-refractivity contribution in [2.75, 3.05) is 39.8 Å². The predicted molar refractivity (Wildman–Crippen MR) is 70.9 cm³/mol. The smallest absolute Gasteiger partial charge is 0.0277 e. The summed E-state index contributed by atoms with van der Waals surface area (Å²) in [7, 11) is 2.24. The van der Waals surface area contributed by atoms with Gasteiger partial charge in [0.2, 0.25) is 0 Å². The van der Waals surface area contributed by atoms with Crippen molar-refractivity contribution in [1.82, 2.24) is 15.1 Å². The molecule has 1 aliphatic rings. The van der Waals surface area contributed by atoms with Crippen LogP contribution in [0.4, 0.5) is 0 Å². The van der Waals surface area contributed by atoms with Crippen LogP contribution in [0.25, 0.3) is 0 Å². The van der Waals surface area contributed by atoms with Crippen LogP contribution in [0.5, 0.6) is 0 Å². The first-order valence-electron chi connectivity index (χ1n) is 6.67. The summed E-state index contributed by atoms with van der Waals surface area (Å²) >= 11 is 0. The Hall–Kier alpha value is -0.120. The van der Waals surface area contributed by atoms with Gasteiger partial charge in [-0.3, -0.25) is 9.80 Å². The molecule has 16 heavy (non-hydrogen) atoms. The van der Waals surface area contributed by atoms with E-state index in [9.17, 15) is 0 Å². The molecule has 1 unspecified atom stereocenters. The van der Waals surface area contributed by atoms with Crippen molar-refractivity contribution in [2.24, 2.45) is 0 Å². The first-order valence-corrected chi connectivity index (χ1v) is 6.67. The highest BCUT2D eigenvalue weighted by Gasteiger charge is 2.33. The van der Waals surface area contributed by atoms with Crippen molar-refractivity contribution in [3.63, 3.8) is 0 Å². The molecule has 1 rings (SSSR count). The van der Waals surface area contributed by atoms with Crippen LogP contribution in [-0.4, -0.2) is 61.2 Å². The lowest BCUT2D eigenvalue weighted by Crippen LogP contribution is -2.60. The average Bonchev–Trinajstić information content (AvgIpc) is 2.24. The molecule has 0 amide bonds. The second-order valence-corrected chi connectivity index (χ2v) is 5.57. The second kappa shape index (κ2) is 5.99. The summed E-state index contributed by atoms with van der Waals surface area (Å²) in [5.74, 6) is 0. The maximum atomic E-state index is 3.48. The summed E-state index contributed by atoms with van der Waals surface area (Å²) in [6.45, 7) is 15.0. The molecule has 0 aromatic carbocycles. The molecule has 3 heteroatoms. The van der Waals surface area contributed by atoms with E-state index in [1.165, 1.54) is 26.1 Å². The van der Waals surface area contributed by atoms with Crippen LogP contribution in [0.1, 0.15) is 34.1 Å². The lowest BCUT2D eigenvalue weighted by Gasteiger charge is -2.48. The quantitative estimate of drug-likeness (QED) is 0.766. The third-order valence-corrected chi connectivity index (χ3v) is 3.96. The van der Waals surface area contributed by atoms with Crippen molar-refractivity contribution in [2.45, 2.75) is 45.7 Å². The van der Waals surface area contributed by atoms with Gasteiger partial charge in [-0.1, -0.05) is 13.8 Å². The predicted octanol–water partition coefficient (Wildman–Crippen LogP) is 1.40. The lowest BCUT2D eigenvalue weighted by atomic mass is 9.97. The van der Waals surface area contributed by atoms with Gasteiger partial charge >= 0.3 is 0 Å². The molecule has 0 aromatic rings. The zero-order valence-corrected chi connectivity index (χ0v) is 11.7.